The maximum absolute atomic E-state index is 13.3. The Hall–Kier alpha value is -1.99. The number of halogens is 2. The molecular formula is C17H19F2NO3S. The quantitative estimate of drug-likeness (QED) is 0.826. The fourth-order valence-corrected chi connectivity index (χ4v) is 3.87. The minimum Gasteiger partial charge on any atom is -0.496 e. The summed E-state index contributed by atoms with van der Waals surface area (Å²) in [6.45, 7) is 3.46. The van der Waals surface area contributed by atoms with E-state index in [4.69, 9.17) is 4.74 Å². The molecule has 0 heterocycles. The molecule has 0 aliphatic heterocycles. The van der Waals surface area contributed by atoms with Gasteiger partial charge in [0.25, 0.3) is 0 Å². The van der Waals surface area contributed by atoms with Crippen molar-refractivity contribution in [3.8, 4) is 5.75 Å². The molecule has 0 unspecified atom stereocenters. The third-order valence-corrected chi connectivity index (χ3v) is 5.52. The average Bonchev–Trinajstić information content (AvgIpc) is 2.50. The van der Waals surface area contributed by atoms with Crippen molar-refractivity contribution in [2.24, 2.45) is 0 Å². The highest BCUT2D eigenvalue weighted by Gasteiger charge is 2.23. The first-order valence-electron chi connectivity index (χ1n) is 7.22. The van der Waals surface area contributed by atoms with E-state index in [-0.39, 0.29) is 11.4 Å². The largest absolute Gasteiger partial charge is 0.496 e. The first-order valence-corrected chi connectivity index (χ1v) is 8.66. The molecule has 4 nitrogen and oxygen atoms in total. The molecule has 0 aliphatic rings. The van der Waals surface area contributed by atoms with E-state index in [9.17, 15) is 17.2 Å². The molecule has 130 valence electrons. The maximum Gasteiger partial charge on any atom is 0.243 e. The van der Waals surface area contributed by atoms with Crippen LogP contribution in [0.5, 0.6) is 5.75 Å². The van der Waals surface area contributed by atoms with Crippen LogP contribution in [0.15, 0.2) is 35.2 Å². The van der Waals surface area contributed by atoms with Gasteiger partial charge in [0.1, 0.15) is 5.75 Å². The van der Waals surface area contributed by atoms with Crippen molar-refractivity contribution in [1.82, 2.24) is 4.31 Å². The molecule has 24 heavy (non-hydrogen) atoms. The van der Waals surface area contributed by atoms with Gasteiger partial charge >= 0.3 is 0 Å². The van der Waals surface area contributed by atoms with Gasteiger partial charge in [0, 0.05) is 13.6 Å². The van der Waals surface area contributed by atoms with Gasteiger partial charge in [0.2, 0.25) is 10.0 Å². The zero-order chi connectivity index (χ0) is 18.1. The molecule has 0 aromatic heterocycles. The maximum atomic E-state index is 13.3. The van der Waals surface area contributed by atoms with Gasteiger partial charge < -0.3 is 4.74 Å². The number of hydrogen-bond acceptors (Lipinski definition) is 3. The summed E-state index contributed by atoms with van der Waals surface area (Å²) in [5.41, 5.74) is 1.77. The van der Waals surface area contributed by atoms with Crippen molar-refractivity contribution >= 4 is 10.0 Å². The summed E-state index contributed by atoms with van der Waals surface area (Å²) in [6, 6.07) is 6.39. The Bertz CT molecular complexity index is 843. The monoisotopic (exact) mass is 355 g/mol. The first-order chi connectivity index (χ1) is 11.2. The summed E-state index contributed by atoms with van der Waals surface area (Å²) < 4.78 is 58.0. The second kappa shape index (κ2) is 6.86. The molecule has 0 atom stereocenters. The van der Waals surface area contributed by atoms with Crippen molar-refractivity contribution in [2.45, 2.75) is 25.3 Å². The van der Waals surface area contributed by atoms with Crippen molar-refractivity contribution in [3.63, 3.8) is 0 Å². The molecule has 7 heteroatoms. The van der Waals surface area contributed by atoms with Gasteiger partial charge in [-0.15, -0.1) is 0 Å². The SMILES string of the molecule is COc1c(C)cc(S(=O)(=O)N(C)Cc2ccc(F)c(F)c2)cc1C. The van der Waals surface area contributed by atoms with Crippen LogP contribution in [0.4, 0.5) is 8.78 Å². The van der Waals surface area contributed by atoms with E-state index in [0.717, 1.165) is 16.4 Å². The topological polar surface area (TPSA) is 46.6 Å². The van der Waals surface area contributed by atoms with Gasteiger partial charge in [-0.2, -0.15) is 4.31 Å². The number of hydrogen-bond donors (Lipinski definition) is 0. The van der Waals surface area contributed by atoms with Crippen LogP contribution in [0.1, 0.15) is 16.7 Å². The molecule has 2 aromatic rings. The van der Waals surface area contributed by atoms with Gasteiger partial charge in [-0.3, -0.25) is 0 Å². The smallest absolute Gasteiger partial charge is 0.243 e. The van der Waals surface area contributed by atoms with Gasteiger partial charge in [-0.25, -0.2) is 17.2 Å². The van der Waals surface area contributed by atoms with Gasteiger partial charge in [0.05, 0.1) is 12.0 Å². The van der Waals surface area contributed by atoms with Crippen molar-refractivity contribution in [3.05, 3.63) is 58.7 Å². The number of nitrogens with zero attached hydrogens (tertiary/aromatic N) is 1. The molecule has 0 spiro atoms. The Kier molecular flexibility index (Phi) is 5.25. The fourth-order valence-electron chi connectivity index (χ4n) is 2.54. The molecule has 0 radical (unpaired) electrons. The first kappa shape index (κ1) is 18.4. The minimum atomic E-state index is -3.77. The molecule has 0 bridgehead atoms. The summed E-state index contributed by atoms with van der Waals surface area (Å²) in [5, 5.41) is 0. The Balaban J connectivity index is 2.34. The highest BCUT2D eigenvalue weighted by atomic mass is 32.2. The Morgan fingerprint density at radius 2 is 1.62 bits per heavy atom. The lowest BCUT2D eigenvalue weighted by Crippen LogP contribution is -2.26. The normalized spacial score (nSPS) is 11.8. The standard InChI is InChI=1S/C17H19F2NO3S/c1-11-7-14(8-12(2)17(11)23-4)24(21,22)20(3)10-13-5-6-15(18)16(19)9-13/h5-9H,10H2,1-4H3. The zero-order valence-electron chi connectivity index (χ0n) is 13.9. The van der Waals surface area contributed by atoms with Crippen LogP contribution in [0.3, 0.4) is 0 Å². The summed E-state index contributed by atoms with van der Waals surface area (Å²) in [7, 11) is -0.848. The minimum absolute atomic E-state index is 0.0658. The zero-order valence-corrected chi connectivity index (χ0v) is 14.7. The average molecular weight is 355 g/mol. The van der Waals surface area contributed by atoms with E-state index >= 15 is 0 Å². The van der Waals surface area contributed by atoms with E-state index in [1.54, 1.807) is 13.8 Å². The van der Waals surface area contributed by atoms with E-state index in [0.29, 0.717) is 22.4 Å². The second-order valence-corrected chi connectivity index (χ2v) is 7.64. The van der Waals surface area contributed by atoms with Crippen LogP contribution in [0.25, 0.3) is 0 Å². The highest BCUT2D eigenvalue weighted by Crippen LogP contribution is 2.28. The predicted octanol–water partition coefficient (Wildman–Crippen LogP) is 3.41. The second-order valence-electron chi connectivity index (χ2n) is 5.60. The molecule has 2 aromatic carbocycles. The lowest BCUT2D eigenvalue weighted by atomic mass is 10.1. The van der Waals surface area contributed by atoms with Crippen molar-refractivity contribution in [1.29, 1.82) is 0 Å². The highest BCUT2D eigenvalue weighted by molar-refractivity contribution is 7.89. The molecule has 0 amide bonds. The van der Waals surface area contributed by atoms with E-state index in [2.05, 4.69) is 0 Å². The van der Waals surface area contributed by atoms with Gasteiger partial charge in [0.15, 0.2) is 11.6 Å². The lowest BCUT2D eigenvalue weighted by Gasteiger charge is -2.19. The van der Waals surface area contributed by atoms with Crippen LogP contribution in [0, 0.1) is 25.5 Å². The molecule has 0 saturated heterocycles. The van der Waals surface area contributed by atoms with Crippen LogP contribution in [-0.2, 0) is 16.6 Å². The number of rotatable bonds is 5. The summed E-state index contributed by atoms with van der Waals surface area (Å²) in [4.78, 5) is 0.128. The molecule has 0 N–H and O–H groups in total. The third kappa shape index (κ3) is 3.57. The summed E-state index contributed by atoms with van der Waals surface area (Å²) in [5.74, 6) is -1.34. The third-order valence-electron chi connectivity index (χ3n) is 3.74. The Morgan fingerprint density at radius 3 is 2.12 bits per heavy atom. The number of benzene rings is 2. The van der Waals surface area contributed by atoms with Crippen LogP contribution < -0.4 is 4.74 Å². The molecule has 0 fully saturated rings. The van der Waals surface area contributed by atoms with Crippen LogP contribution in [0.2, 0.25) is 0 Å². The molecule has 0 aliphatic carbocycles. The van der Waals surface area contributed by atoms with E-state index in [1.807, 2.05) is 0 Å². The number of aryl methyl sites for hydroxylation is 2. The number of ether oxygens (including phenoxy) is 1. The Labute approximate surface area is 140 Å². The predicted molar refractivity (Wildman–Crippen MR) is 87.5 cm³/mol. The molecular weight excluding hydrogens is 336 g/mol. The molecule has 2 rings (SSSR count). The summed E-state index contributed by atoms with van der Waals surface area (Å²) >= 11 is 0. The number of methoxy groups -OCH3 is 1. The number of sulfonamides is 1. The van der Waals surface area contributed by atoms with E-state index in [1.165, 1.54) is 32.4 Å². The van der Waals surface area contributed by atoms with Crippen molar-refractivity contribution in [2.75, 3.05) is 14.2 Å². The summed E-state index contributed by atoms with van der Waals surface area (Å²) in [6.07, 6.45) is 0. The van der Waals surface area contributed by atoms with Gasteiger partial charge in [-0.1, -0.05) is 6.07 Å². The van der Waals surface area contributed by atoms with E-state index < -0.39 is 21.7 Å². The van der Waals surface area contributed by atoms with Gasteiger partial charge in [-0.05, 0) is 54.8 Å². The lowest BCUT2D eigenvalue weighted by molar-refractivity contribution is 0.408. The Morgan fingerprint density at radius 1 is 1.04 bits per heavy atom. The van der Waals surface area contributed by atoms with Crippen LogP contribution >= 0.6 is 0 Å². The fraction of sp³-hybridized carbons (Fsp3) is 0.294. The van der Waals surface area contributed by atoms with Crippen LogP contribution in [-0.4, -0.2) is 26.9 Å². The molecule has 0 saturated carbocycles. The van der Waals surface area contributed by atoms with Crippen molar-refractivity contribution < 1.29 is 21.9 Å².